The van der Waals surface area contributed by atoms with Crippen molar-refractivity contribution in [2.45, 2.75) is 19.9 Å². The van der Waals surface area contributed by atoms with Crippen LogP contribution in [0.3, 0.4) is 0 Å². The molecule has 0 saturated heterocycles. The van der Waals surface area contributed by atoms with Gasteiger partial charge in [0.25, 0.3) is 0 Å². The Kier molecular flexibility index (Phi) is 3.54. The van der Waals surface area contributed by atoms with Gasteiger partial charge in [0.15, 0.2) is 5.78 Å². The lowest BCUT2D eigenvalue weighted by Gasteiger charge is -2.04. The van der Waals surface area contributed by atoms with Crippen molar-refractivity contribution in [3.63, 3.8) is 0 Å². The molecule has 4 nitrogen and oxygen atoms in total. The highest BCUT2D eigenvalue weighted by molar-refractivity contribution is 6.29. The van der Waals surface area contributed by atoms with E-state index in [4.69, 9.17) is 11.6 Å². The lowest BCUT2D eigenvalue weighted by atomic mass is 10.1. The Labute approximate surface area is 104 Å². The summed E-state index contributed by atoms with van der Waals surface area (Å²) in [6, 6.07) is 3.23. The van der Waals surface area contributed by atoms with Crippen molar-refractivity contribution in [2.24, 2.45) is 0 Å². The van der Waals surface area contributed by atoms with E-state index in [9.17, 15) is 4.79 Å². The zero-order valence-electron chi connectivity index (χ0n) is 9.43. The highest BCUT2D eigenvalue weighted by Gasteiger charge is 2.11. The van der Waals surface area contributed by atoms with Gasteiger partial charge in [0, 0.05) is 30.7 Å². The fourth-order valence-electron chi connectivity index (χ4n) is 1.62. The second-order valence-corrected chi connectivity index (χ2v) is 3.98. The smallest absolute Gasteiger partial charge is 0.170 e. The number of hydrogen-bond donors (Lipinski definition) is 0. The Balaban J connectivity index is 2.17. The van der Waals surface area contributed by atoms with Crippen LogP contribution in [-0.2, 0) is 13.0 Å². The van der Waals surface area contributed by atoms with Gasteiger partial charge in [0.1, 0.15) is 11.0 Å². The van der Waals surface area contributed by atoms with Crippen LogP contribution in [0.4, 0.5) is 0 Å². The van der Waals surface area contributed by atoms with Gasteiger partial charge >= 0.3 is 0 Å². The van der Waals surface area contributed by atoms with Gasteiger partial charge in [-0.3, -0.25) is 4.79 Å². The quantitative estimate of drug-likeness (QED) is 0.617. The van der Waals surface area contributed by atoms with E-state index in [1.807, 2.05) is 17.7 Å². The van der Waals surface area contributed by atoms with Crippen LogP contribution in [0.2, 0.25) is 5.15 Å². The SMILES string of the molecule is CCn1ccnc1CC(=O)c1ccnc(Cl)c1. The van der Waals surface area contributed by atoms with Crippen LogP contribution in [0.25, 0.3) is 0 Å². The minimum atomic E-state index is -0.00444. The van der Waals surface area contributed by atoms with Crippen molar-refractivity contribution in [1.82, 2.24) is 14.5 Å². The third-order valence-electron chi connectivity index (χ3n) is 2.51. The van der Waals surface area contributed by atoms with Crippen LogP contribution < -0.4 is 0 Å². The number of aryl methyl sites for hydroxylation is 1. The topological polar surface area (TPSA) is 47.8 Å². The first-order chi connectivity index (χ1) is 8.20. The maximum atomic E-state index is 12.0. The molecule has 0 amide bonds. The number of carbonyl (C=O) groups excluding carboxylic acids is 1. The van der Waals surface area contributed by atoms with E-state index in [0.29, 0.717) is 10.7 Å². The lowest BCUT2D eigenvalue weighted by molar-refractivity contribution is 0.0989. The van der Waals surface area contributed by atoms with Crippen molar-refractivity contribution >= 4 is 17.4 Å². The van der Waals surface area contributed by atoms with E-state index in [2.05, 4.69) is 9.97 Å². The molecule has 2 heterocycles. The fraction of sp³-hybridized carbons (Fsp3) is 0.250. The summed E-state index contributed by atoms with van der Waals surface area (Å²) in [5, 5.41) is 0.328. The molecular formula is C12H12ClN3O. The van der Waals surface area contributed by atoms with Gasteiger partial charge in [-0.15, -0.1) is 0 Å². The minimum absolute atomic E-state index is 0.00444. The number of Topliss-reactive ketones (excluding diaryl/α,β-unsaturated/α-hetero) is 1. The molecule has 0 unspecified atom stereocenters. The zero-order chi connectivity index (χ0) is 12.3. The van der Waals surface area contributed by atoms with Gasteiger partial charge in [-0.25, -0.2) is 9.97 Å². The molecule has 0 N–H and O–H groups in total. The van der Waals surface area contributed by atoms with Crippen molar-refractivity contribution < 1.29 is 4.79 Å². The first-order valence-electron chi connectivity index (χ1n) is 5.35. The maximum absolute atomic E-state index is 12.0. The number of pyridine rings is 1. The van der Waals surface area contributed by atoms with E-state index in [-0.39, 0.29) is 12.2 Å². The average Bonchev–Trinajstić information content (AvgIpc) is 2.76. The van der Waals surface area contributed by atoms with Gasteiger partial charge in [0.2, 0.25) is 0 Å². The monoisotopic (exact) mass is 249 g/mol. The molecule has 88 valence electrons. The Bertz CT molecular complexity index is 536. The standard InChI is InChI=1S/C12H12ClN3O/c1-2-16-6-5-15-12(16)8-10(17)9-3-4-14-11(13)7-9/h3-7H,2,8H2,1H3. The summed E-state index contributed by atoms with van der Waals surface area (Å²) in [7, 11) is 0. The Morgan fingerprint density at radius 3 is 2.94 bits per heavy atom. The first-order valence-corrected chi connectivity index (χ1v) is 5.73. The van der Waals surface area contributed by atoms with Crippen molar-refractivity contribution in [3.8, 4) is 0 Å². The highest BCUT2D eigenvalue weighted by atomic mass is 35.5. The van der Waals surface area contributed by atoms with E-state index in [0.717, 1.165) is 12.4 Å². The molecule has 0 aliphatic rings. The molecule has 0 atom stereocenters. The molecule has 2 aromatic rings. The minimum Gasteiger partial charge on any atom is -0.335 e. The first kappa shape index (κ1) is 11.8. The van der Waals surface area contributed by atoms with Crippen LogP contribution in [-0.4, -0.2) is 20.3 Å². The van der Waals surface area contributed by atoms with E-state index in [1.165, 1.54) is 6.20 Å². The lowest BCUT2D eigenvalue weighted by Crippen LogP contribution is -2.09. The summed E-state index contributed by atoms with van der Waals surface area (Å²) in [4.78, 5) is 20.0. The van der Waals surface area contributed by atoms with Gasteiger partial charge in [0.05, 0.1) is 6.42 Å². The van der Waals surface area contributed by atoms with Gasteiger partial charge < -0.3 is 4.57 Å². The molecule has 0 aromatic carbocycles. The molecule has 0 aliphatic carbocycles. The number of aromatic nitrogens is 3. The number of rotatable bonds is 4. The molecule has 2 rings (SSSR count). The number of imidazole rings is 1. The number of ketones is 1. The summed E-state index contributed by atoms with van der Waals surface area (Å²) in [5.74, 6) is 0.764. The molecule has 0 spiro atoms. The van der Waals surface area contributed by atoms with Crippen molar-refractivity contribution in [2.75, 3.05) is 0 Å². The molecule has 0 aliphatic heterocycles. The predicted octanol–water partition coefficient (Wildman–Crippen LogP) is 2.38. The van der Waals surface area contributed by atoms with Gasteiger partial charge in [-0.2, -0.15) is 0 Å². The number of nitrogens with zero attached hydrogens (tertiary/aromatic N) is 3. The van der Waals surface area contributed by atoms with Crippen LogP contribution in [0.1, 0.15) is 23.1 Å². The molecule has 17 heavy (non-hydrogen) atoms. The Morgan fingerprint density at radius 1 is 1.41 bits per heavy atom. The molecule has 0 fully saturated rings. The molecule has 0 bridgehead atoms. The normalized spacial score (nSPS) is 10.5. The summed E-state index contributed by atoms with van der Waals surface area (Å²) in [5.41, 5.74) is 0.565. The second kappa shape index (κ2) is 5.10. The van der Waals surface area contributed by atoms with Crippen molar-refractivity contribution in [3.05, 3.63) is 47.3 Å². The summed E-state index contributed by atoms with van der Waals surface area (Å²) < 4.78 is 1.95. The van der Waals surface area contributed by atoms with Crippen LogP contribution >= 0.6 is 11.6 Å². The van der Waals surface area contributed by atoms with Gasteiger partial charge in [-0.1, -0.05) is 11.6 Å². The summed E-state index contributed by atoms with van der Waals surface area (Å²) in [6.45, 7) is 2.82. The van der Waals surface area contributed by atoms with Crippen LogP contribution in [0.5, 0.6) is 0 Å². The van der Waals surface area contributed by atoms with Crippen LogP contribution in [0.15, 0.2) is 30.7 Å². The Morgan fingerprint density at radius 2 is 2.24 bits per heavy atom. The zero-order valence-corrected chi connectivity index (χ0v) is 10.2. The third kappa shape index (κ3) is 2.71. The molecule has 2 aromatic heterocycles. The second-order valence-electron chi connectivity index (χ2n) is 3.60. The highest BCUT2D eigenvalue weighted by Crippen LogP contribution is 2.10. The van der Waals surface area contributed by atoms with E-state index in [1.54, 1.807) is 18.3 Å². The molecule has 0 saturated carbocycles. The van der Waals surface area contributed by atoms with Gasteiger partial charge in [-0.05, 0) is 19.1 Å². The molecular weight excluding hydrogens is 238 g/mol. The number of hydrogen-bond acceptors (Lipinski definition) is 3. The van der Waals surface area contributed by atoms with Crippen molar-refractivity contribution in [1.29, 1.82) is 0 Å². The molecule has 5 heteroatoms. The largest absolute Gasteiger partial charge is 0.335 e. The molecule has 0 radical (unpaired) electrons. The summed E-state index contributed by atoms with van der Waals surface area (Å²) >= 11 is 5.75. The summed E-state index contributed by atoms with van der Waals surface area (Å²) in [6.07, 6.45) is 5.37. The predicted molar refractivity (Wildman–Crippen MR) is 65.2 cm³/mol. The number of halogens is 1. The number of carbonyl (C=O) groups is 1. The Hall–Kier alpha value is -1.68. The average molecular weight is 250 g/mol. The fourth-order valence-corrected chi connectivity index (χ4v) is 1.79. The van der Waals surface area contributed by atoms with E-state index >= 15 is 0 Å². The van der Waals surface area contributed by atoms with Crippen LogP contribution in [0, 0.1) is 0 Å². The van der Waals surface area contributed by atoms with E-state index < -0.39 is 0 Å². The third-order valence-corrected chi connectivity index (χ3v) is 2.72. The maximum Gasteiger partial charge on any atom is 0.170 e.